The summed E-state index contributed by atoms with van der Waals surface area (Å²) < 4.78 is 5.66. The van der Waals surface area contributed by atoms with Gasteiger partial charge in [-0.3, -0.25) is 19.7 Å². The van der Waals surface area contributed by atoms with Gasteiger partial charge in [0.2, 0.25) is 0 Å². The van der Waals surface area contributed by atoms with Gasteiger partial charge in [0.1, 0.15) is 18.1 Å². The quantitative estimate of drug-likeness (QED) is 0.742. The number of rotatable bonds is 5. The minimum atomic E-state index is -0.241. The lowest BCUT2D eigenvalue weighted by Gasteiger charge is -2.19. The standard InChI is InChI=1S/C21H22N4O2/c1-21(2,3)15-8-9-24-19(12-15)20(26)25-16-4-6-18(7-5-16)27-14-17-13-22-10-11-23-17/h4-13H,14H2,1-3H3,(H,25,26). The second-order valence-electron chi connectivity index (χ2n) is 7.14. The van der Waals surface area contributed by atoms with Crippen molar-refractivity contribution < 1.29 is 9.53 Å². The zero-order valence-electron chi connectivity index (χ0n) is 15.6. The van der Waals surface area contributed by atoms with Crippen molar-refractivity contribution in [3.63, 3.8) is 0 Å². The lowest BCUT2D eigenvalue weighted by molar-refractivity contribution is 0.102. The molecule has 2 heterocycles. The SMILES string of the molecule is CC(C)(C)c1ccnc(C(=O)Nc2ccc(OCc3cnccn3)cc2)c1. The highest BCUT2D eigenvalue weighted by molar-refractivity contribution is 6.02. The van der Waals surface area contributed by atoms with Crippen molar-refractivity contribution in [1.29, 1.82) is 0 Å². The van der Waals surface area contributed by atoms with Gasteiger partial charge in [0.05, 0.1) is 11.9 Å². The second-order valence-corrected chi connectivity index (χ2v) is 7.14. The maximum absolute atomic E-state index is 12.5. The second kappa shape index (κ2) is 7.95. The fraction of sp³-hybridized carbons (Fsp3) is 0.238. The van der Waals surface area contributed by atoms with E-state index >= 15 is 0 Å². The molecule has 0 aliphatic heterocycles. The molecular weight excluding hydrogens is 340 g/mol. The molecule has 0 bridgehead atoms. The molecule has 0 aliphatic carbocycles. The van der Waals surface area contributed by atoms with Gasteiger partial charge in [-0.05, 0) is 47.4 Å². The summed E-state index contributed by atoms with van der Waals surface area (Å²) in [4.78, 5) is 24.8. The van der Waals surface area contributed by atoms with E-state index in [1.165, 1.54) is 0 Å². The van der Waals surface area contributed by atoms with Crippen molar-refractivity contribution in [1.82, 2.24) is 15.0 Å². The fourth-order valence-electron chi connectivity index (χ4n) is 2.41. The van der Waals surface area contributed by atoms with Crippen LogP contribution in [0.25, 0.3) is 0 Å². The van der Waals surface area contributed by atoms with E-state index in [4.69, 9.17) is 4.74 Å². The molecule has 1 aromatic carbocycles. The predicted molar refractivity (Wildman–Crippen MR) is 104 cm³/mol. The van der Waals surface area contributed by atoms with Gasteiger partial charge in [-0.25, -0.2) is 0 Å². The number of hydrogen-bond donors (Lipinski definition) is 1. The first-order valence-electron chi connectivity index (χ1n) is 8.67. The lowest BCUT2D eigenvalue weighted by atomic mass is 9.87. The van der Waals surface area contributed by atoms with Crippen LogP contribution in [0.1, 0.15) is 42.5 Å². The van der Waals surface area contributed by atoms with Crippen molar-refractivity contribution in [2.24, 2.45) is 0 Å². The molecule has 0 unspecified atom stereocenters. The fourth-order valence-corrected chi connectivity index (χ4v) is 2.41. The van der Waals surface area contributed by atoms with Crippen molar-refractivity contribution in [3.05, 3.63) is 78.1 Å². The van der Waals surface area contributed by atoms with Gasteiger partial charge in [0, 0.05) is 24.3 Å². The molecule has 27 heavy (non-hydrogen) atoms. The van der Waals surface area contributed by atoms with E-state index in [-0.39, 0.29) is 11.3 Å². The van der Waals surface area contributed by atoms with Gasteiger partial charge in [-0.15, -0.1) is 0 Å². The zero-order valence-corrected chi connectivity index (χ0v) is 15.6. The Morgan fingerprint density at radius 2 is 1.81 bits per heavy atom. The molecular formula is C21H22N4O2. The van der Waals surface area contributed by atoms with Crippen LogP contribution in [-0.2, 0) is 12.0 Å². The van der Waals surface area contributed by atoms with Crippen LogP contribution in [-0.4, -0.2) is 20.9 Å². The molecule has 0 spiro atoms. The van der Waals surface area contributed by atoms with Crippen LogP contribution in [0.5, 0.6) is 5.75 Å². The van der Waals surface area contributed by atoms with Gasteiger partial charge in [0.15, 0.2) is 0 Å². The molecule has 3 aromatic rings. The molecule has 3 rings (SSSR count). The molecule has 6 heteroatoms. The topological polar surface area (TPSA) is 77.0 Å². The van der Waals surface area contributed by atoms with Gasteiger partial charge < -0.3 is 10.1 Å². The number of ether oxygens (including phenoxy) is 1. The van der Waals surface area contributed by atoms with Crippen LogP contribution in [0.15, 0.2) is 61.2 Å². The van der Waals surface area contributed by atoms with Crippen LogP contribution < -0.4 is 10.1 Å². The van der Waals surface area contributed by atoms with Crippen molar-refractivity contribution in [2.45, 2.75) is 32.8 Å². The Labute approximate surface area is 158 Å². The average molecular weight is 362 g/mol. The summed E-state index contributed by atoms with van der Waals surface area (Å²) in [7, 11) is 0. The summed E-state index contributed by atoms with van der Waals surface area (Å²) in [6, 6.07) is 10.9. The van der Waals surface area contributed by atoms with E-state index in [1.807, 2.05) is 12.1 Å². The molecule has 138 valence electrons. The van der Waals surface area contributed by atoms with Gasteiger partial charge in [0.25, 0.3) is 5.91 Å². The number of nitrogens with zero attached hydrogens (tertiary/aromatic N) is 3. The van der Waals surface area contributed by atoms with E-state index in [2.05, 4.69) is 41.0 Å². The van der Waals surface area contributed by atoms with E-state index in [0.29, 0.717) is 23.7 Å². The van der Waals surface area contributed by atoms with Crippen LogP contribution in [0, 0.1) is 0 Å². The number of carbonyl (C=O) groups is 1. The van der Waals surface area contributed by atoms with Gasteiger partial charge in [-0.2, -0.15) is 0 Å². The summed E-state index contributed by atoms with van der Waals surface area (Å²) in [5, 5.41) is 2.86. The summed E-state index contributed by atoms with van der Waals surface area (Å²) in [6.45, 7) is 6.64. The normalized spacial score (nSPS) is 11.1. The maximum Gasteiger partial charge on any atom is 0.274 e. The van der Waals surface area contributed by atoms with Crippen LogP contribution in [0.4, 0.5) is 5.69 Å². The Morgan fingerprint density at radius 3 is 2.48 bits per heavy atom. The molecule has 0 saturated carbocycles. The minimum Gasteiger partial charge on any atom is -0.487 e. The number of anilines is 1. The van der Waals surface area contributed by atoms with Crippen LogP contribution >= 0.6 is 0 Å². The number of pyridine rings is 1. The first kappa shape index (κ1) is 18.5. The molecule has 1 N–H and O–H groups in total. The molecule has 0 radical (unpaired) electrons. The molecule has 2 aromatic heterocycles. The van der Waals surface area contributed by atoms with Crippen LogP contribution in [0.3, 0.4) is 0 Å². The number of amides is 1. The average Bonchev–Trinajstić information content (AvgIpc) is 2.68. The molecule has 0 aliphatic rings. The largest absolute Gasteiger partial charge is 0.487 e. The third-order valence-corrected chi connectivity index (χ3v) is 3.97. The van der Waals surface area contributed by atoms with E-state index in [1.54, 1.807) is 49.1 Å². The van der Waals surface area contributed by atoms with Gasteiger partial charge >= 0.3 is 0 Å². The first-order chi connectivity index (χ1) is 12.9. The van der Waals surface area contributed by atoms with Crippen molar-refractivity contribution >= 4 is 11.6 Å². The Bertz CT molecular complexity index is 903. The summed E-state index contributed by atoms with van der Waals surface area (Å²) in [5.41, 5.74) is 2.84. The maximum atomic E-state index is 12.5. The number of carbonyl (C=O) groups excluding carboxylic acids is 1. The summed E-state index contributed by atoms with van der Waals surface area (Å²) in [6.07, 6.45) is 6.57. The van der Waals surface area contributed by atoms with E-state index in [0.717, 1.165) is 11.3 Å². The van der Waals surface area contributed by atoms with Crippen molar-refractivity contribution in [3.8, 4) is 5.75 Å². The minimum absolute atomic E-state index is 0.0416. The Kier molecular flexibility index (Phi) is 5.45. The molecule has 1 amide bonds. The number of nitrogens with one attached hydrogen (secondary N) is 1. The molecule has 6 nitrogen and oxygen atoms in total. The number of benzene rings is 1. The van der Waals surface area contributed by atoms with Crippen molar-refractivity contribution in [2.75, 3.05) is 5.32 Å². The Balaban J connectivity index is 1.62. The van der Waals surface area contributed by atoms with E-state index < -0.39 is 0 Å². The highest BCUT2D eigenvalue weighted by Gasteiger charge is 2.16. The predicted octanol–water partition coefficient (Wildman–Crippen LogP) is 4.00. The highest BCUT2D eigenvalue weighted by atomic mass is 16.5. The zero-order chi connectivity index (χ0) is 19.3. The molecule has 0 fully saturated rings. The molecule has 0 atom stereocenters. The number of hydrogen-bond acceptors (Lipinski definition) is 5. The number of aromatic nitrogens is 3. The summed E-state index contributed by atoms with van der Waals surface area (Å²) in [5.74, 6) is 0.445. The van der Waals surface area contributed by atoms with Gasteiger partial charge in [-0.1, -0.05) is 20.8 Å². The van der Waals surface area contributed by atoms with E-state index in [9.17, 15) is 4.79 Å². The Morgan fingerprint density at radius 1 is 1.04 bits per heavy atom. The lowest BCUT2D eigenvalue weighted by Crippen LogP contribution is -2.17. The van der Waals surface area contributed by atoms with Crippen LogP contribution in [0.2, 0.25) is 0 Å². The third-order valence-electron chi connectivity index (χ3n) is 3.97. The summed E-state index contributed by atoms with van der Waals surface area (Å²) >= 11 is 0. The monoisotopic (exact) mass is 362 g/mol. The first-order valence-corrected chi connectivity index (χ1v) is 8.67. The highest BCUT2D eigenvalue weighted by Crippen LogP contribution is 2.22. The smallest absolute Gasteiger partial charge is 0.274 e. The molecule has 0 saturated heterocycles. The Hall–Kier alpha value is -3.28. The third kappa shape index (κ3) is 5.10.